The van der Waals surface area contributed by atoms with Gasteiger partial charge in [0, 0.05) is 5.69 Å². The van der Waals surface area contributed by atoms with Gasteiger partial charge in [0.05, 0.1) is 17.1 Å². The Morgan fingerprint density at radius 2 is 1.88 bits per heavy atom. The van der Waals surface area contributed by atoms with Crippen LogP contribution in [0, 0.1) is 20.8 Å². The molecule has 2 aromatic rings. The number of rotatable bonds is 2. The molecule has 0 saturated heterocycles. The van der Waals surface area contributed by atoms with Crippen molar-refractivity contribution < 1.29 is 0 Å². The lowest BCUT2D eigenvalue weighted by atomic mass is 10.1. The molecular weight excluding hydrogens is 212 g/mol. The van der Waals surface area contributed by atoms with E-state index < -0.39 is 0 Å². The highest BCUT2D eigenvalue weighted by Crippen LogP contribution is 2.18. The van der Waals surface area contributed by atoms with Gasteiger partial charge in [-0.25, -0.2) is 9.67 Å². The maximum absolute atomic E-state index is 5.77. The summed E-state index contributed by atoms with van der Waals surface area (Å²) < 4.78 is 1.89. The normalized spacial score (nSPS) is 10.8. The van der Waals surface area contributed by atoms with Gasteiger partial charge in [0.1, 0.15) is 0 Å². The van der Waals surface area contributed by atoms with E-state index in [0.717, 1.165) is 29.3 Å². The van der Waals surface area contributed by atoms with E-state index in [9.17, 15) is 0 Å². The molecule has 4 heteroatoms. The first-order valence-corrected chi connectivity index (χ1v) is 5.83. The Hall–Kier alpha value is -1.84. The number of hydrogen-bond acceptors (Lipinski definition) is 3. The standard InChI is InChI=1S/C13H18N4/c1-5-11-8(2)16-17(10(11)4)13-7-6-12(14)9(3)15-13/h6-7H,5,14H2,1-4H3. The smallest absolute Gasteiger partial charge is 0.154 e. The average molecular weight is 230 g/mol. The van der Waals surface area contributed by atoms with Crippen molar-refractivity contribution in [2.45, 2.75) is 34.1 Å². The van der Waals surface area contributed by atoms with Crippen LogP contribution in [0.5, 0.6) is 0 Å². The largest absolute Gasteiger partial charge is 0.397 e. The highest BCUT2D eigenvalue weighted by molar-refractivity contribution is 5.46. The third-order valence-electron chi connectivity index (χ3n) is 3.12. The Bertz CT molecular complexity index is 555. The molecule has 2 rings (SSSR count). The van der Waals surface area contributed by atoms with Crippen LogP contribution in [-0.2, 0) is 6.42 Å². The van der Waals surface area contributed by atoms with Gasteiger partial charge in [-0.1, -0.05) is 6.92 Å². The predicted octanol–water partition coefficient (Wildman–Crippen LogP) is 2.34. The number of hydrogen-bond donors (Lipinski definition) is 1. The summed E-state index contributed by atoms with van der Waals surface area (Å²) in [7, 11) is 0. The first-order chi connectivity index (χ1) is 8.04. The number of nitrogens with two attached hydrogens (primary N) is 1. The summed E-state index contributed by atoms with van der Waals surface area (Å²) in [5, 5.41) is 4.54. The van der Waals surface area contributed by atoms with Gasteiger partial charge in [0.2, 0.25) is 0 Å². The van der Waals surface area contributed by atoms with E-state index in [2.05, 4.69) is 23.9 Å². The summed E-state index contributed by atoms with van der Waals surface area (Å²) in [6, 6.07) is 3.78. The molecule has 2 N–H and O–H groups in total. The van der Waals surface area contributed by atoms with Gasteiger partial charge in [-0.05, 0) is 44.9 Å². The van der Waals surface area contributed by atoms with Crippen molar-refractivity contribution in [3.8, 4) is 5.82 Å². The molecular formula is C13H18N4. The monoisotopic (exact) mass is 230 g/mol. The molecule has 0 radical (unpaired) electrons. The molecule has 0 aliphatic rings. The number of pyridine rings is 1. The fourth-order valence-corrected chi connectivity index (χ4v) is 2.09. The van der Waals surface area contributed by atoms with E-state index in [4.69, 9.17) is 5.73 Å². The third-order valence-corrected chi connectivity index (χ3v) is 3.12. The maximum atomic E-state index is 5.77. The Labute approximate surface area is 101 Å². The van der Waals surface area contributed by atoms with Crippen molar-refractivity contribution in [1.29, 1.82) is 0 Å². The third kappa shape index (κ3) is 1.90. The Morgan fingerprint density at radius 1 is 1.18 bits per heavy atom. The molecule has 0 bridgehead atoms. The second kappa shape index (κ2) is 4.20. The Balaban J connectivity index is 2.57. The highest BCUT2D eigenvalue weighted by atomic mass is 15.3. The van der Waals surface area contributed by atoms with Crippen molar-refractivity contribution in [2.75, 3.05) is 5.73 Å². The molecule has 0 atom stereocenters. The van der Waals surface area contributed by atoms with Crippen molar-refractivity contribution in [1.82, 2.24) is 14.8 Å². The lowest BCUT2D eigenvalue weighted by molar-refractivity contribution is 0.801. The minimum Gasteiger partial charge on any atom is -0.397 e. The van der Waals surface area contributed by atoms with Crippen LogP contribution in [0.4, 0.5) is 5.69 Å². The van der Waals surface area contributed by atoms with Gasteiger partial charge in [-0.2, -0.15) is 5.10 Å². The summed E-state index contributed by atoms with van der Waals surface area (Å²) in [6.45, 7) is 8.16. The highest BCUT2D eigenvalue weighted by Gasteiger charge is 2.12. The topological polar surface area (TPSA) is 56.7 Å². The van der Waals surface area contributed by atoms with Crippen LogP contribution in [-0.4, -0.2) is 14.8 Å². The van der Waals surface area contributed by atoms with E-state index in [-0.39, 0.29) is 0 Å². The van der Waals surface area contributed by atoms with Crippen LogP contribution >= 0.6 is 0 Å². The summed E-state index contributed by atoms with van der Waals surface area (Å²) in [5.41, 5.74) is 10.8. The Kier molecular flexibility index (Phi) is 2.88. The van der Waals surface area contributed by atoms with Crippen LogP contribution in [0.1, 0.15) is 29.6 Å². The number of aromatic nitrogens is 3. The molecule has 0 saturated carbocycles. The van der Waals surface area contributed by atoms with Gasteiger partial charge in [-0.15, -0.1) is 0 Å². The van der Waals surface area contributed by atoms with E-state index in [1.165, 1.54) is 5.56 Å². The minimum atomic E-state index is 0.714. The van der Waals surface area contributed by atoms with Gasteiger partial charge in [0.25, 0.3) is 0 Å². The number of aryl methyl sites for hydroxylation is 2. The van der Waals surface area contributed by atoms with Crippen LogP contribution in [0.2, 0.25) is 0 Å². The van der Waals surface area contributed by atoms with Crippen LogP contribution in [0.15, 0.2) is 12.1 Å². The second-order valence-electron chi connectivity index (χ2n) is 4.26. The molecule has 0 aliphatic carbocycles. The molecule has 0 fully saturated rings. The molecule has 17 heavy (non-hydrogen) atoms. The van der Waals surface area contributed by atoms with E-state index in [1.54, 1.807) is 0 Å². The zero-order valence-corrected chi connectivity index (χ0v) is 10.8. The quantitative estimate of drug-likeness (QED) is 0.861. The Morgan fingerprint density at radius 3 is 2.41 bits per heavy atom. The van der Waals surface area contributed by atoms with Crippen LogP contribution in [0.25, 0.3) is 5.82 Å². The van der Waals surface area contributed by atoms with Crippen molar-refractivity contribution in [2.24, 2.45) is 0 Å². The van der Waals surface area contributed by atoms with Gasteiger partial charge in [-0.3, -0.25) is 0 Å². The molecule has 0 spiro atoms. The number of nitrogen functional groups attached to an aromatic ring is 1. The zero-order chi connectivity index (χ0) is 12.6. The van der Waals surface area contributed by atoms with Gasteiger partial charge in [0.15, 0.2) is 5.82 Å². The molecule has 90 valence electrons. The summed E-state index contributed by atoms with van der Waals surface area (Å²) in [5.74, 6) is 0.831. The first kappa shape index (κ1) is 11.6. The van der Waals surface area contributed by atoms with Crippen LogP contribution in [0.3, 0.4) is 0 Å². The molecule has 0 aromatic carbocycles. The van der Waals surface area contributed by atoms with Gasteiger partial charge < -0.3 is 5.73 Å². The summed E-state index contributed by atoms with van der Waals surface area (Å²) in [4.78, 5) is 4.47. The van der Waals surface area contributed by atoms with Crippen molar-refractivity contribution >= 4 is 5.69 Å². The molecule has 0 aliphatic heterocycles. The zero-order valence-electron chi connectivity index (χ0n) is 10.8. The fourth-order valence-electron chi connectivity index (χ4n) is 2.09. The lowest BCUT2D eigenvalue weighted by Crippen LogP contribution is -2.04. The minimum absolute atomic E-state index is 0.714. The molecule has 0 unspecified atom stereocenters. The summed E-state index contributed by atoms with van der Waals surface area (Å²) >= 11 is 0. The van der Waals surface area contributed by atoms with E-state index in [0.29, 0.717) is 5.69 Å². The molecule has 4 nitrogen and oxygen atoms in total. The van der Waals surface area contributed by atoms with Gasteiger partial charge >= 0.3 is 0 Å². The molecule has 0 amide bonds. The maximum Gasteiger partial charge on any atom is 0.154 e. The van der Waals surface area contributed by atoms with Crippen LogP contribution < -0.4 is 5.73 Å². The van der Waals surface area contributed by atoms with E-state index >= 15 is 0 Å². The fraction of sp³-hybridized carbons (Fsp3) is 0.385. The van der Waals surface area contributed by atoms with Crippen molar-refractivity contribution in [3.63, 3.8) is 0 Å². The summed E-state index contributed by atoms with van der Waals surface area (Å²) in [6.07, 6.45) is 0.992. The number of nitrogens with zero attached hydrogens (tertiary/aromatic N) is 3. The van der Waals surface area contributed by atoms with E-state index in [1.807, 2.05) is 30.7 Å². The average Bonchev–Trinajstić information content (AvgIpc) is 2.58. The van der Waals surface area contributed by atoms with Crippen molar-refractivity contribution in [3.05, 3.63) is 34.8 Å². The molecule has 2 heterocycles. The molecule has 2 aromatic heterocycles. The number of anilines is 1. The second-order valence-corrected chi connectivity index (χ2v) is 4.26. The lowest BCUT2D eigenvalue weighted by Gasteiger charge is -2.06. The SMILES string of the molecule is CCc1c(C)nn(-c2ccc(N)c(C)n2)c1C. The predicted molar refractivity (Wildman–Crippen MR) is 69.4 cm³/mol. The first-order valence-electron chi connectivity index (χ1n) is 5.83.